The first-order valence-corrected chi connectivity index (χ1v) is 12.1. The monoisotopic (exact) mass is 491 g/mol. The molecule has 6 nitrogen and oxygen atoms in total. The van der Waals surface area contributed by atoms with Gasteiger partial charge in [-0.25, -0.2) is 4.21 Å². The molecule has 0 saturated carbocycles. The first-order chi connectivity index (χ1) is 14.8. The zero-order chi connectivity index (χ0) is 23.4. The minimum absolute atomic E-state index is 0.0725. The van der Waals surface area contributed by atoms with Gasteiger partial charge in [-0.3, -0.25) is 9.36 Å². The molecule has 2 heterocycles. The van der Waals surface area contributed by atoms with Crippen LogP contribution in [0, 0.1) is 0 Å². The zero-order valence-corrected chi connectivity index (χ0v) is 20.0. The Morgan fingerprint density at radius 2 is 1.40 bits per heavy atom. The Morgan fingerprint density at radius 1 is 1.00 bits per heavy atom. The average molecular weight is 493 g/mol. The molecule has 0 unspecified atom stereocenters. The number of aryl methyl sites for hydroxylation is 2. The van der Waals surface area contributed by atoms with Crippen molar-refractivity contribution in [2.75, 3.05) is 0 Å². The molecule has 4 aromatic rings. The van der Waals surface area contributed by atoms with Gasteiger partial charge in [0.2, 0.25) is 9.23 Å². The van der Waals surface area contributed by atoms with E-state index in [1.54, 1.807) is 17.8 Å². The van der Waals surface area contributed by atoms with Crippen LogP contribution in [-0.2, 0) is 35.8 Å². The number of alkyl halides is 1. The Kier molecular flexibility index (Phi) is 11.2. The van der Waals surface area contributed by atoms with Crippen LogP contribution >= 0.6 is 33.0 Å². The van der Waals surface area contributed by atoms with Crippen molar-refractivity contribution < 1.29 is 10.7 Å². The fourth-order valence-corrected chi connectivity index (χ4v) is 2.96. The Hall–Kier alpha value is -1.64. The minimum atomic E-state index is -1.67. The van der Waals surface area contributed by atoms with E-state index in [2.05, 4.69) is 31.6 Å². The normalized spacial score (nSPS) is 10.5. The van der Waals surface area contributed by atoms with Crippen molar-refractivity contribution in [3.8, 4) is 0 Å². The van der Waals surface area contributed by atoms with Gasteiger partial charge in [0.05, 0.1) is 30.0 Å². The molecule has 0 bridgehead atoms. The van der Waals surface area contributed by atoms with Crippen LogP contribution in [0.4, 0.5) is 0 Å². The summed E-state index contributed by atoms with van der Waals surface area (Å²) in [5.74, 6) is 0.545. The maximum Gasteiger partial charge on any atom is 0.211 e. The summed E-state index contributed by atoms with van der Waals surface area (Å²) in [4.78, 5) is 0. The zero-order valence-electron chi connectivity index (χ0n) is 17.9. The van der Waals surface area contributed by atoms with Gasteiger partial charge in [0, 0.05) is 53.5 Å². The summed E-state index contributed by atoms with van der Waals surface area (Å²) in [5.41, 5.74) is 4.26. The number of hydrogen-bond acceptors (Lipinski definition) is 4. The van der Waals surface area contributed by atoms with Crippen LogP contribution in [0.3, 0.4) is 0 Å². The van der Waals surface area contributed by atoms with Crippen LogP contribution in [0.25, 0.3) is 21.8 Å². The van der Waals surface area contributed by atoms with Gasteiger partial charge in [-0.2, -0.15) is 10.2 Å². The Labute approximate surface area is 194 Å². The summed E-state index contributed by atoms with van der Waals surface area (Å²) < 4.78 is 18.9. The number of benzene rings is 2. The second-order valence-electron chi connectivity index (χ2n) is 5.71. The summed E-state index contributed by atoms with van der Waals surface area (Å²) >= 11 is 5.78. The quantitative estimate of drug-likeness (QED) is 0.298. The van der Waals surface area contributed by atoms with E-state index >= 15 is 0 Å². The number of rotatable bonds is 2. The van der Waals surface area contributed by atoms with E-state index in [0.717, 1.165) is 32.9 Å². The molecule has 0 amide bonds. The fourth-order valence-electron chi connectivity index (χ4n) is 2.73. The maximum absolute atomic E-state index is 9.09. The predicted molar refractivity (Wildman–Crippen MR) is 128 cm³/mol. The van der Waals surface area contributed by atoms with Crippen molar-refractivity contribution in [3.05, 3.63) is 59.9 Å². The standard InChI is InChI=1S/C9H9ClN2.C9H10N2O.C2H6.Cl2OS/c1-12-9-4-2-3-7(5-10)8(9)6-11-12;1-11-9-4-2-3-7(6-12)8(9)5-10-11;1-2;1-4(2)3/h2-4,6H,5H2,1H3;2-5,12H,6H2,1H3;1-2H3;/i;;1D;. The lowest BCUT2D eigenvalue weighted by Gasteiger charge is -1.97. The predicted octanol–water partition coefficient (Wildman–Crippen LogP) is 5.45. The van der Waals surface area contributed by atoms with Crippen molar-refractivity contribution in [2.24, 2.45) is 14.1 Å². The second-order valence-corrected chi connectivity index (χ2v) is 8.50. The SMILES string of the molecule is Cn1ncc2c(CCl)cccc21.Cn1ncc2c(CO)cccc21.O=S(Cl)Cl.[2H]CC. The van der Waals surface area contributed by atoms with Crippen molar-refractivity contribution >= 4 is 64.0 Å². The molecule has 0 radical (unpaired) electrons. The number of fused-ring (bicyclic) bond motifs is 2. The van der Waals surface area contributed by atoms with E-state index in [1.165, 1.54) is 0 Å². The third-order valence-corrected chi connectivity index (χ3v) is 4.37. The van der Waals surface area contributed by atoms with Crippen LogP contribution in [0.15, 0.2) is 48.8 Å². The van der Waals surface area contributed by atoms with Gasteiger partial charge in [-0.1, -0.05) is 38.1 Å². The van der Waals surface area contributed by atoms with Crippen LogP contribution in [-0.4, -0.2) is 28.9 Å². The van der Waals surface area contributed by atoms with Gasteiger partial charge in [0.15, 0.2) is 0 Å². The van der Waals surface area contributed by atoms with Crippen molar-refractivity contribution in [1.82, 2.24) is 19.6 Å². The third kappa shape index (κ3) is 7.25. The van der Waals surface area contributed by atoms with E-state index in [9.17, 15) is 0 Å². The van der Waals surface area contributed by atoms with Crippen molar-refractivity contribution in [3.63, 3.8) is 0 Å². The number of nitrogens with zero attached hydrogens (tertiary/aromatic N) is 4. The molecule has 1 N–H and O–H groups in total. The van der Waals surface area contributed by atoms with Crippen LogP contribution < -0.4 is 0 Å². The lowest BCUT2D eigenvalue weighted by atomic mass is 10.1. The maximum atomic E-state index is 9.09. The smallest absolute Gasteiger partial charge is 0.211 e. The highest BCUT2D eigenvalue weighted by Crippen LogP contribution is 2.19. The number of halogens is 3. The number of aromatic nitrogens is 4. The largest absolute Gasteiger partial charge is 0.392 e. The molecule has 2 aromatic carbocycles. The molecule has 0 saturated heterocycles. The molecule has 0 aliphatic heterocycles. The number of aliphatic hydroxyl groups is 1. The summed E-state index contributed by atoms with van der Waals surface area (Å²) in [6.07, 6.45) is 3.63. The highest BCUT2D eigenvalue weighted by atomic mass is 36.0. The molecular formula is C20H25Cl3N4O2S. The van der Waals surface area contributed by atoms with Gasteiger partial charge in [0.1, 0.15) is 0 Å². The van der Waals surface area contributed by atoms with Gasteiger partial charge in [-0.15, -0.1) is 11.6 Å². The Balaban J connectivity index is 0.000000240. The minimum Gasteiger partial charge on any atom is -0.392 e. The average Bonchev–Trinajstić information content (AvgIpc) is 3.32. The summed E-state index contributed by atoms with van der Waals surface area (Å²) in [5, 5.41) is 19.5. The lowest BCUT2D eigenvalue weighted by molar-refractivity contribution is 0.283. The van der Waals surface area contributed by atoms with Crippen LogP contribution in [0.5, 0.6) is 0 Å². The molecule has 2 aromatic heterocycles. The Morgan fingerprint density at radius 3 is 1.80 bits per heavy atom. The Bertz CT molecular complexity index is 1020. The molecule has 0 spiro atoms. The third-order valence-electron chi connectivity index (χ3n) is 4.08. The van der Waals surface area contributed by atoms with Crippen molar-refractivity contribution in [1.29, 1.82) is 0 Å². The highest BCUT2D eigenvalue weighted by molar-refractivity contribution is 8.26. The molecule has 10 heteroatoms. The number of aliphatic hydroxyl groups excluding tert-OH is 1. The molecule has 0 aliphatic rings. The first kappa shape index (κ1) is 24.6. The number of hydrogen-bond donors (Lipinski definition) is 1. The molecule has 164 valence electrons. The van der Waals surface area contributed by atoms with Crippen LogP contribution in [0.1, 0.15) is 26.3 Å². The molecule has 30 heavy (non-hydrogen) atoms. The van der Waals surface area contributed by atoms with E-state index in [4.69, 9.17) is 22.3 Å². The van der Waals surface area contributed by atoms with Gasteiger partial charge >= 0.3 is 0 Å². The molecule has 4 rings (SSSR count). The summed E-state index contributed by atoms with van der Waals surface area (Å²) in [6, 6.07) is 11.9. The molecule has 0 atom stereocenters. The topological polar surface area (TPSA) is 72.9 Å². The second kappa shape index (κ2) is 13.6. The summed E-state index contributed by atoms with van der Waals surface area (Å²) in [6.45, 7) is 2.36. The van der Waals surface area contributed by atoms with E-state index in [0.29, 0.717) is 12.8 Å². The van der Waals surface area contributed by atoms with E-state index in [-0.39, 0.29) is 6.61 Å². The van der Waals surface area contributed by atoms with E-state index < -0.39 is 9.23 Å². The van der Waals surface area contributed by atoms with Crippen molar-refractivity contribution in [2.45, 2.75) is 26.3 Å². The summed E-state index contributed by atoms with van der Waals surface area (Å²) in [7, 11) is 11.2. The van der Waals surface area contributed by atoms with Gasteiger partial charge in [-0.05, 0) is 23.3 Å². The molecule has 0 fully saturated rings. The van der Waals surface area contributed by atoms with Crippen LogP contribution in [0.2, 0.25) is 0 Å². The highest BCUT2D eigenvalue weighted by Gasteiger charge is 2.03. The van der Waals surface area contributed by atoms with E-state index in [1.807, 2.05) is 61.4 Å². The fraction of sp³-hybridized carbons (Fsp3) is 0.300. The van der Waals surface area contributed by atoms with Gasteiger partial charge < -0.3 is 5.11 Å². The molecule has 0 aliphatic carbocycles. The lowest BCUT2D eigenvalue weighted by Crippen LogP contribution is -1.89. The molecular weight excluding hydrogens is 467 g/mol. The first-order valence-electron chi connectivity index (χ1n) is 9.50. The van der Waals surface area contributed by atoms with Gasteiger partial charge in [0.25, 0.3) is 0 Å².